The van der Waals surface area contributed by atoms with Gasteiger partial charge in [-0.05, 0) is 57.2 Å². The van der Waals surface area contributed by atoms with E-state index in [0.29, 0.717) is 29.6 Å². The maximum atomic E-state index is 11.9. The highest BCUT2D eigenvalue weighted by molar-refractivity contribution is 6.30. The Bertz CT molecular complexity index is 1190. The quantitative estimate of drug-likeness (QED) is 0.399. The molecule has 1 aliphatic rings. The van der Waals surface area contributed by atoms with Crippen molar-refractivity contribution in [1.82, 2.24) is 25.1 Å². The van der Waals surface area contributed by atoms with Crippen molar-refractivity contribution in [2.45, 2.75) is 51.7 Å². The van der Waals surface area contributed by atoms with Crippen LogP contribution in [0.25, 0.3) is 10.9 Å². The zero-order chi connectivity index (χ0) is 25.7. The fourth-order valence-corrected chi connectivity index (χ4v) is 5.13. The molecule has 36 heavy (non-hydrogen) atoms. The summed E-state index contributed by atoms with van der Waals surface area (Å²) in [6.07, 6.45) is 4.44. The van der Waals surface area contributed by atoms with E-state index in [0.717, 1.165) is 60.2 Å². The average molecular weight is 514 g/mol. The summed E-state index contributed by atoms with van der Waals surface area (Å²) in [5.41, 5.74) is 2.75. The summed E-state index contributed by atoms with van der Waals surface area (Å²) in [7, 11) is 5.53. The van der Waals surface area contributed by atoms with Crippen LogP contribution in [0.3, 0.4) is 0 Å². The van der Waals surface area contributed by atoms with Gasteiger partial charge in [-0.15, -0.1) is 0 Å². The van der Waals surface area contributed by atoms with Gasteiger partial charge in [-0.25, -0.2) is 9.67 Å². The third-order valence-corrected chi connectivity index (χ3v) is 7.16. The number of nitrogens with zero attached hydrogens (tertiary/aromatic N) is 5. The van der Waals surface area contributed by atoms with Crippen LogP contribution in [-0.2, 0) is 22.6 Å². The molecule has 0 atom stereocenters. The molecule has 0 radical (unpaired) electrons. The van der Waals surface area contributed by atoms with E-state index in [-0.39, 0.29) is 18.9 Å². The van der Waals surface area contributed by atoms with Crippen molar-refractivity contribution < 1.29 is 9.53 Å². The van der Waals surface area contributed by atoms with E-state index in [1.807, 2.05) is 44.1 Å². The van der Waals surface area contributed by atoms with Crippen LogP contribution in [0, 0.1) is 12.8 Å². The fourth-order valence-electron chi connectivity index (χ4n) is 4.83. The van der Waals surface area contributed by atoms with Gasteiger partial charge in [-0.2, -0.15) is 10.1 Å². The van der Waals surface area contributed by atoms with E-state index in [9.17, 15) is 4.79 Å². The molecule has 2 aromatic heterocycles. The van der Waals surface area contributed by atoms with E-state index >= 15 is 0 Å². The smallest absolute Gasteiger partial charge is 0.225 e. The minimum absolute atomic E-state index is 0.0567. The zero-order valence-corrected chi connectivity index (χ0v) is 22.3. The number of carbonyl (C=O) groups excluding carboxylic acids is 1. The molecule has 0 bridgehead atoms. The minimum atomic E-state index is -0.0567. The predicted octanol–water partition coefficient (Wildman–Crippen LogP) is 3.83. The summed E-state index contributed by atoms with van der Waals surface area (Å²) in [5.74, 6) is 2.18. The first-order valence-electron chi connectivity index (χ1n) is 12.5. The number of hydrogen-bond donors (Lipinski definition) is 2. The van der Waals surface area contributed by atoms with Gasteiger partial charge >= 0.3 is 0 Å². The highest BCUT2D eigenvalue weighted by Gasteiger charge is 2.23. The van der Waals surface area contributed by atoms with Crippen molar-refractivity contribution in [2.24, 2.45) is 5.92 Å². The number of Topliss-reactive ketones (excluding diaryl/α,β-unsaturated/α-hetero) is 1. The minimum Gasteiger partial charge on any atom is -0.377 e. The van der Waals surface area contributed by atoms with Gasteiger partial charge in [-0.3, -0.25) is 4.79 Å². The number of aryl methyl sites for hydroxylation is 1. The first-order chi connectivity index (χ1) is 17.4. The highest BCUT2D eigenvalue weighted by atomic mass is 35.5. The Kier molecular flexibility index (Phi) is 8.77. The molecule has 0 amide bonds. The molecule has 3 aromatic rings. The Balaban J connectivity index is 1.27. The molecule has 1 fully saturated rings. The number of benzene rings is 1. The number of hydrogen-bond acceptors (Lipinski definition) is 8. The topological polar surface area (TPSA) is 97.2 Å². The van der Waals surface area contributed by atoms with Gasteiger partial charge < -0.3 is 20.3 Å². The van der Waals surface area contributed by atoms with E-state index in [2.05, 4.69) is 21.8 Å². The molecule has 1 aromatic carbocycles. The van der Waals surface area contributed by atoms with Crippen molar-refractivity contribution >= 4 is 40.1 Å². The molecule has 9 nitrogen and oxygen atoms in total. The number of halogens is 1. The molecule has 2 heterocycles. The molecule has 4 rings (SSSR count). The first-order valence-corrected chi connectivity index (χ1v) is 12.9. The Morgan fingerprint density at radius 1 is 1.19 bits per heavy atom. The van der Waals surface area contributed by atoms with Gasteiger partial charge in [0.1, 0.15) is 24.1 Å². The molecule has 1 saturated carbocycles. The summed E-state index contributed by atoms with van der Waals surface area (Å²) < 4.78 is 6.46. The van der Waals surface area contributed by atoms with Crippen molar-refractivity contribution in [2.75, 3.05) is 44.6 Å². The third kappa shape index (κ3) is 6.32. The van der Waals surface area contributed by atoms with E-state index in [1.54, 1.807) is 4.68 Å². The summed E-state index contributed by atoms with van der Waals surface area (Å²) >= 11 is 6.50. The van der Waals surface area contributed by atoms with Crippen LogP contribution in [0.1, 0.15) is 36.9 Å². The molecule has 0 aliphatic heterocycles. The molecule has 10 heteroatoms. The van der Waals surface area contributed by atoms with Crippen LogP contribution in [0.2, 0.25) is 5.15 Å². The van der Waals surface area contributed by atoms with Crippen LogP contribution in [0.15, 0.2) is 24.3 Å². The molecule has 0 saturated heterocycles. The number of carbonyl (C=O) groups is 1. The Hall–Kier alpha value is -2.75. The number of rotatable bonds is 11. The molecule has 0 spiro atoms. The molecule has 0 unspecified atom stereocenters. The van der Waals surface area contributed by atoms with Gasteiger partial charge in [0, 0.05) is 44.7 Å². The SMILES string of the molecule is COCC(=O)Cn1nc(C)c(CNC[C@H]2CC[C@@H](Nc3nc(N(C)C)c4ccccc4n3)CC2)c1Cl. The van der Waals surface area contributed by atoms with Crippen LogP contribution in [0.5, 0.6) is 0 Å². The average Bonchev–Trinajstić information content (AvgIpc) is 3.12. The monoisotopic (exact) mass is 513 g/mol. The summed E-state index contributed by atoms with van der Waals surface area (Å²) in [6, 6.07) is 8.50. The van der Waals surface area contributed by atoms with Crippen molar-refractivity contribution in [3.63, 3.8) is 0 Å². The van der Waals surface area contributed by atoms with E-state index in [1.165, 1.54) is 7.11 Å². The van der Waals surface area contributed by atoms with Gasteiger partial charge in [-0.1, -0.05) is 23.7 Å². The normalized spacial score (nSPS) is 17.9. The number of fused-ring (bicyclic) bond motifs is 1. The second kappa shape index (κ2) is 12.0. The van der Waals surface area contributed by atoms with Gasteiger partial charge in [0.15, 0.2) is 5.78 Å². The van der Waals surface area contributed by atoms with E-state index < -0.39 is 0 Å². The van der Waals surface area contributed by atoms with Crippen LogP contribution in [-0.4, -0.2) is 65.9 Å². The van der Waals surface area contributed by atoms with Gasteiger partial charge in [0.05, 0.1) is 11.2 Å². The van der Waals surface area contributed by atoms with Crippen molar-refractivity contribution in [3.05, 3.63) is 40.7 Å². The first kappa shape index (κ1) is 26.3. The second-order valence-electron chi connectivity index (χ2n) is 9.76. The van der Waals surface area contributed by atoms with Crippen LogP contribution < -0.4 is 15.5 Å². The maximum absolute atomic E-state index is 11.9. The number of aromatic nitrogens is 4. The number of para-hydroxylation sites is 1. The molecule has 2 N–H and O–H groups in total. The number of nitrogens with one attached hydrogen (secondary N) is 2. The predicted molar refractivity (Wildman–Crippen MR) is 144 cm³/mol. The number of ether oxygens (including phenoxy) is 1. The highest BCUT2D eigenvalue weighted by Crippen LogP contribution is 2.28. The maximum Gasteiger partial charge on any atom is 0.225 e. The van der Waals surface area contributed by atoms with E-state index in [4.69, 9.17) is 26.3 Å². The molecular formula is C26H36ClN7O2. The number of ketones is 1. The Morgan fingerprint density at radius 2 is 1.94 bits per heavy atom. The Labute approximate surface area is 217 Å². The molecule has 194 valence electrons. The van der Waals surface area contributed by atoms with Gasteiger partial charge in [0.2, 0.25) is 5.95 Å². The second-order valence-corrected chi connectivity index (χ2v) is 10.1. The lowest BCUT2D eigenvalue weighted by atomic mass is 9.86. The fraction of sp³-hybridized carbons (Fsp3) is 0.538. The third-order valence-electron chi connectivity index (χ3n) is 6.74. The lowest BCUT2D eigenvalue weighted by Crippen LogP contribution is -2.31. The van der Waals surface area contributed by atoms with Crippen LogP contribution in [0.4, 0.5) is 11.8 Å². The lowest BCUT2D eigenvalue weighted by Gasteiger charge is -2.29. The summed E-state index contributed by atoms with van der Waals surface area (Å²) in [4.78, 5) is 23.4. The standard InChI is InChI=1S/C26H36ClN7O2/c1-17-22(24(27)34(32-17)15-20(35)16-36-4)14-28-13-18-9-11-19(12-10-18)29-26-30-23-8-6-5-7-21(23)25(31-26)33(2)3/h5-8,18-19,28H,9-16H2,1-4H3,(H,29,30,31)/t18-,19+. The van der Waals surface area contributed by atoms with Crippen molar-refractivity contribution in [1.29, 1.82) is 0 Å². The largest absolute Gasteiger partial charge is 0.377 e. The molecular weight excluding hydrogens is 478 g/mol. The lowest BCUT2D eigenvalue weighted by molar-refractivity contribution is -0.123. The van der Waals surface area contributed by atoms with Gasteiger partial charge in [0.25, 0.3) is 0 Å². The Morgan fingerprint density at radius 3 is 2.67 bits per heavy atom. The molecule has 1 aliphatic carbocycles. The number of methoxy groups -OCH3 is 1. The summed E-state index contributed by atoms with van der Waals surface area (Å²) in [6.45, 7) is 3.67. The zero-order valence-electron chi connectivity index (χ0n) is 21.6. The number of anilines is 2. The van der Waals surface area contributed by atoms with Crippen LogP contribution >= 0.6 is 11.6 Å². The summed E-state index contributed by atoms with van der Waals surface area (Å²) in [5, 5.41) is 13.1. The van der Waals surface area contributed by atoms with Crippen molar-refractivity contribution in [3.8, 4) is 0 Å².